The first-order valence-corrected chi connectivity index (χ1v) is 10.7. The van der Waals surface area contributed by atoms with Crippen LogP contribution < -0.4 is 11.1 Å². The molecule has 4 aromatic rings. The number of ether oxygens (including phenoxy) is 1. The summed E-state index contributed by atoms with van der Waals surface area (Å²) in [5, 5.41) is 5.35. The number of benzene rings is 2. The molecule has 0 aliphatic rings. The maximum absolute atomic E-state index is 12.0. The van der Waals surface area contributed by atoms with E-state index < -0.39 is 0 Å². The number of likely N-dealkylation sites (N-methyl/N-ethyl adjacent to an activating group) is 1. The van der Waals surface area contributed by atoms with Crippen molar-refractivity contribution in [2.75, 3.05) is 45.7 Å². The second-order valence-corrected chi connectivity index (χ2v) is 7.77. The highest BCUT2D eigenvalue weighted by atomic mass is 16.5. The SMILES string of the molecule is COC(=O)c1ccc2c(c1)[nH]c1nc(Cc3ccccc3)nc(NCCN(C)CCN)c12. The first-order chi connectivity index (χ1) is 15.6. The lowest BCUT2D eigenvalue weighted by molar-refractivity contribution is 0.0601. The summed E-state index contributed by atoms with van der Waals surface area (Å²) in [4.78, 5) is 27.1. The van der Waals surface area contributed by atoms with E-state index in [1.165, 1.54) is 7.11 Å². The number of aromatic nitrogens is 3. The highest BCUT2D eigenvalue weighted by molar-refractivity contribution is 6.12. The molecule has 0 unspecified atom stereocenters. The van der Waals surface area contributed by atoms with Crippen molar-refractivity contribution in [1.29, 1.82) is 0 Å². The molecule has 0 aliphatic carbocycles. The number of aromatic amines is 1. The van der Waals surface area contributed by atoms with Crippen molar-refractivity contribution < 1.29 is 9.53 Å². The van der Waals surface area contributed by atoms with E-state index in [1.54, 1.807) is 12.1 Å². The molecule has 0 radical (unpaired) electrons. The third-order valence-corrected chi connectivity index (χ3v) is 5.42. The van der Waals surface area contributed by atoms with E-state index in [4.69, 9.17) is 20.4 Å². The molecule has 32 heavy (non-hydrogen) atoms. The standard InChI is InChI=1S/C24H28N6O2/c1-30(12-10-25)13-11-26-22-21-18-9-8-17(24(31)32-2)15-19(18)27-23(21)29-20(28-22)14-16-6-4-3-5-7-16/h3-9,15H,10-14,25H2,1-2H3,(H2,26,27,28,29). The molecule has 0 amide bonds. The van der Waals surface area contributed by atoms with Crippen LogP contribution in [0.2, 0.25) is 0 Å². The van der Waals surface area contributed by atoms with Gasteiger partial charge in [-0.3, -0.25) is 0 Å². The van der Waals surface area contributed by atoms with Crippen molar-refractivity contribution >= 4 is 33.7 Å². The molecular weight excluding hydrogens is 404 g/mol. The predicted molar refractivity (Wildman–Crippen MR) is 127 cm³/mol. The van der Waals surface area contributed by atoms with Gasteiger partial charge in [-0.15, -0.1) is 0 Å². The summed E-state index contributed by atoms with van der Waals surface area (Å²) in [5.74, 6) is 1.13. The lowest BCUT2D eigenvalue weighted by Crippen LogP contribution is -2.30. The third-order valence-electron chi connectivity index (χ3n) is 5.42. The van der Waals surface area contributed by atoms with Gasteiger partial charge in [-0.05, 0) is 24.7 Å². The Morgan fingerprint density at radius 3 is 2.72 bits per heavy atom. The Bertz CT molecular complexity index is 1220. The second kappa shape index (κ2) is 9.76. The molecule has 0 spiro atoms. The van der Waals surface area contributed by atoms with Gasteiger partial charge in [0.05, 0.1) is 18.1 Å². The van der Waals surface area contributed by atoms with E-state index in [1.807, 2.05) is 31.3 Å². The summed E-state index contributed by atoms with van der Waals surface area (Å²) in [5.41, 5.74) is 8.84. The van der Waals surface area contributed by atoms with Gasteiger partial charge in [0.25, 0.3) is 0 Å². The zero-order valence-electron chi connectivity index (χ0n) is 18.4. The van der Waals surface area contributed by atoms with Crippen molar-refractivity contribution in [3.05, 3.63) is 65.5 Å². The fourth-order valence-corrected chi connectivity index (χ4v) is 3.77. The monoisotopic (exact) mass is 432 g/mol. The Kier molecular flexibility index (Phi) is 6.63. The van der Waals surface area contributed by atoms with E-state index in [0.717, 1.165) is 58.8 Å². The molecule has 2 aromatic carbocycles. The van der Waals surface area contributed by atoms with Crippen LogP contribution in [-0.2, 0) is 11.2 Å². The van der Waals surface area contributed by atoms with E-state index in [9.17, 15) is 4.79 Å². The van der Waals surface area contributed by atoms with Gasteiger partial charge in [0, 0.05) is 43.5 Å². The molecular formula is C24H28N6O2. The molecule has 2 heterocycles. The minimum absolute atomic E-state index is 0.373. The number of anilines is 1. The number of nitrogens with zero attached hydrogens (tertiary/aromatic N) is 3. The van der Waals surface area contributed by atoms with Crippen molar-refractivity contribution in [2.24, 2.45) is 5.73 Å². The Labute approximate surface area is 186 Å². The number of hydrogen-bond acceptors (Lipinski definition) is 7. The quantitative estimate of drug-likeness (QED) is 0.349. The Hall–Kier alpha value is -3.49. The van der Waals surface area contributed by atoms with E-state index in [2.05, 4.69) is 27.3 Å². The number of esters is 1. The van der Waals surface area contributed by atoms with Crippen molar-refractivity contribution in [2.45, 2.75) is 6.42 Å². The van der Waals surface area contributed by atoms with Gasteiger partial charge >= 0.3 is 5.97 Å². The highest BCUT2D eigenvalue weighted by Gasteiger charge is 2.16. The largest absolute Gasteiger partial charge is 0.465 e. The van der Waals surface area contributed by atoms with E-state index in [0.29, 0.717) is 18.5 Å². The zero-order chi connectivity index (χ0) is 22.5. The Balaban J connectivity index is 1.74. The number of nitrogens with two attached hydrogens (primary N) is 1. The third kappa shape index (κ3) is 4.71. The van der Waals surface area contributed by atoms with Crippen molar-refractivity contribution in [3.63, 3.8) is 0 Å². The number of fused-ring (bicyclic) bond motifs is 3. The maximum atomic E-state index is 12.0. The molecule has 0 saturated heterocycles. The average Bonchev–Trinajstić information content (AvgIpc) is 3.17. The lowest BCUT2D eigenvalue weighted by Gasteiger charge is -2.16. The van der Waals surface area contributed by atoms with Gasteiger partial charge in [-0.1, -0.05) is 36.4 Å². The number of carbonyl (C=O) groups excluding carboxylic acids is 1. The molecule has 0 fully saturated rings. The molecule has 0 saturated carbocycles. The van der Waals surface area contributed by atoms with Crippen LogP contribution in [0.5, 0.6) is 0 Å². The molecule has 8 heteroatoms. The van der Waals surface area contributed by atoms with Crippen LogP contribution in [0, 0.1) is 0 Å². The lowest BCUT2D eigenvalue weighted by atomic mass is 10.1. The molecule has 0 bridgehead atoms. The molecule has 8 nitrogen and oxygen atoms in total. The van der Waals surface area contributed by atoms with Crippen LogP contribution in [0.25, 0.3) is 21.9 Å². The first kappa shape index (κ1) is 21.7. The fourth-order valence-electron chi connectivity index (χ4n) is 3.77. The number of H-pyrrole nitrogens is 1. The fraction of sp³-hybridized carbons (Fsp3) is 0.292. The van der Waals surface area contributed by atoms with Crippen LogP contribution in [0.1, 0.15) is 21.7 Å². The van der Waals surface area contributed by atoms with Gasteiger partial charge in [-0.25, -0.2) is 14.8 Å². The van der Waals surface area contributed by atoms with Crippen molar-refractivity contribution in [1.82, 2.24) is 19.9 Å². The number of methoxy groups -OCH3 is 1. The van der Waals surface area contributed by atoms with Gasteiger partial charge < -0.3 is 25.7 Å². The van der Waals surface area contributed by atoms with E-state index >= 15 is 0 Å². The summed E-state index contributed by atoms with van der Waals surface area (Å²) >= 11 is 0. The predicted octanol–water partition coefficient (Wildman–Crippen LogP) is 2.79. The minimum atomic E-state index is -0.373. The minimum Gasteiger partial charge on any atom is -0.465 e. The summed E-state index contributed by atoms with van der Waals surface area (Å²) < 4.78 is 4.86. The number of nitrogens with one attached hydrogen (secondary N) is 2. The normalized spacial score (nSPS) is 11.4. The Morgan fingerprint density at radius 2 is 1.97 bits per heavy atom. The summed E-state index contributed by atoms with van der Waals surface area (Å²) in [7, 11) is 3.42. The van der Waals surface area contributed by atoms with Gasteiger partial charge in [0.1, 0.15) is 17.3 Å². The molecule has 2 aromatic heterocycles. The molecule has 166 valence electrons. The second-order valence-electron chi connectivity index (χ2n) is 7.77. The van der Waals surface area contributed by atoms with Crippen LogP contribution in [-0.4, -0.2) is 66.2 Å². The molecule has 4 rings (SSSR count). The highest BCUT2D eigenvalue weighted by Crippen LogP contribution is 2.30. The van der Waals surface area contributed by atoms with Gasteiger partial charge in [0.15, 0.2) is 0 Å². The smallest absolute Gasteiger partial charge is 0.337 e. The van der Waals surface area contributed by atoms with Crippen LogP contribution in [0.3, 0.4) is 0 Å². The van der Waals surface area contributed by atoms with Crippen molar-refractivity contribution in [3.8, 4) is 0 Å². The zero-order valence-corrected chi connectivity index (χ0v) is 18.4. The summed E-state index contributed by atoms with van der Waals surface area (Å²) in [6.45, 7) is 3.02. The maximum Gasteiger partial charge on any atom is 0.337 e. The number of rotatable bonds is 9. The van der Waals surface area contributed by atoms with Crippen LogP contribution >= 0.6 is 0 Å². The Morgan fingerprint density at radius 1 is 1.16 bits per heavy atom. The number of carbonyl (C=O) groups is 1. The number of hydrogen-bond donors (Lipinski definition) is 3. The van der Waals surface area contributed by atoms with Crippen LogP contribution in [0.15, 0.2) is 48.5 Å². The molecule has 4 N–H and O–H groups in total. The summed E-state index contributed by atoms with van der Waals surface area (Å²) in [6.07, 6.45) is 0.626. The van der Waals surface area contributed by atoms with Gasteiger partial charge in [-0.2, -0.15) is 0 Å². The molecule has 0 atom stereocenters. The topological polar surface area (TPSA) is 109 Å². The van der Waals surface area contributed by atoms with E-state index in [-0.39, 0.29) is 5.97 Å². The average molecular weight is 433 g/mol. The summed E-state index contributed by atoms with van der Waals surface area (Å²) in [6, 6.07) is 15.6. The van der Waals surface area contributed by atoms with Crippen LogP contribution in [0.4, 0.5) is 5.82 Å². The first-order valence-electron chi connectivity index (χ1n) is 10.7. The van der Waals surface area contributed by atoms with Gasteiger partial charge in [0.2, 0.25) is 0 Å². The molecule has 0 aliphatic heterocycles.